The smallest absolute Gasteiger partial charge is 0.295 e. The average Bonchev–Trinajstić information content (AvgIpc) is 3.12. The lowest BCUT2D eigenvalue weighted by molar-refractivity contribution is -0.384. The second-order valence-corrected chi connectivity index (χ2v) is 6.07. The molecule has 0 fully saturated rings. The first-order valence-electron chi connectivity index (χ1n) is 7.16. The van der Waals surface area contributed by atoms with E-state index in [1.54, 1.807) is 12.1 Å². The van der Waals surface area contributed by atoms with Crippen LogP contribution >= 0.6 is 15.9 Å². The van der Waals surface area contributed by atoms with Crippen LogP contribution in [0, 0.1) is 17.0 Å². The summed E-state index contributed by atoms with van der Waals surface area (Å²) in [6.07, 6.45) is 2.63. The summed E-state index contributed by atoms with van der Waals surface area (Å²) in [6.45, 7) is 1.90. The number of hydrogen-bond donors (Lipinski definition) is 1. The van der Waals surface area contributed by atoms with Gasteiger partial charge in [-0.25, -0.2) is 9.67 Å². The van der Waals surface area contributed by atoms with Crippen LogP contribution in [0.25, 0.3) is 5.69 Å². The molecule has 25 heavy (non-hydrogen) atoms. The van der Waals surface area contributed by atoms with Gasteiger partial charge in [-0.1, -0.05) is 15.9 Å². The van der Waals surface area contributed by atoms with Crippen molar-refractivity contribution in [3.05, 3.63) is 74.8 Å². The standard InChI is InChI=1S/C16H12BrN5O3/c1-10-6-12(3-4-13(10)17)20-16(23)11-2-5-14(15(7-11)22(24)25)21-9-18-8-19-21/h2-9H,1H3,(H,20,23). The Labute approximate surface area is 150 Å². The number of nitrogens with one attached hydrogen (secondary N) is 1. The topological polar surface area (TPSA) is 103 Å². The molecular weight excluding hydrogens is 390 g/mol. The summed E-state index contributed by atoms with van der Waals surface area (Å²) in [5, 5.41) is 18.0. The second-order valence-electron chi connectivity index (χ2n) is 5.22. The number of nitro groups is 1. The third-order valence-electron chi connectivity index (χ3n) is 3.52. The SMILES string of the molecule is Cc1cc(NC(=O)c2ccc(-n3cncn3)c([N+](=O)[O-])c2)ccc1Br. The highest BCUT2D eigenvalue weighted by atomic mass is 79.9. The number of amides is 1. The highest BCUT2D eigenvalue weighted by Gasteiger charge is 2.19. The number of anilines is 1. The average molecular weight is 402 g/mol. The van der Waals surface area contributed by atoms with Crippen LogP contribution in [0.3, 0.4) is 0 Å². The highest BCUT2D eigenvalue weighted by Crippen LogP contribution is 2.25. The zero-order valence-electron chi connectivity index (χ0n) is 13.0. The van der Waals surface area contributed by atoms with Crippen molar-refractivity contribution in [1.82, 2.24) is 14.8 Å². The van der Waals surface area contributed by atoms with Crippen LogP contribution in [0.1, 0.15) is 15.9 Å². The molecule has 2 aromatic carbocycles. The summed E-state index contributed by atoms with van der Waals surface area (Å²) in [4.78, 5) is 27.0. The fourth-order valence-corrected chi connectivity index (χ4v) is 2.51. The lowest BCUT2D eigenvalue weighted by atomic mass is 10.1. The lowest BCUT2D eigenvalue weighted by Gasteiger charge is -2.08. The van der Waals surface area contributed by atoms with Gasteiger partial charge in [-0.15, -0.1) is 0 Å². The van der Waals surface area contributed by atoms with Crippen LogP contribution in [-0.2, 0) is 0 Å². The van der Waals surface area contributed by atoms with Gasteiger partial charge in [-0.2, -0.15) is 5.10 Å². The van der Waals surface area contributed by atoms with E-state index in [9.17, 15) is 14.9 Å². The minimum Gasteiger partial charge on any atom is -0.322 e. The van der Waals surface area contributed by atoms with Crippen LogP contribution in [0.5, 0.6) is 0 Å². The van der Waals surface area contributed by atoms with E-state index in [1.807, 2.05) is 13.0 Å². The number of carbonyl (C=O) groups excluding carboxylic acids is 1. The third-order valence-corrected chi connectivity index (χ3v) is 4.41. The van der Waals surface area contributed by atoms with Gasteiger partial charge in [0.15, 0.2) is 0 Å². The van der Waals surface area contributed by atoms with Gasteiger partial charge in [0.05, 0.1) is 4.92 Å². The van der Waals surface area contributed by atoms with Crippen LogP contribution in [0.15, 0.2) is 53.5 Å². The molecule has 3 rings (SSSR count). The van der Waals surface area contributed by atoms with Gasteiger partial charge < -0.3 is 5.32 Å². The van der Waals surface area contributed by atoms with Crippen molar-refractivity contribution < 1.29 is 9.72 Å². The zero-order valence-corrected chi connectivity index (χ0v) is 14.6. The number of nitro benzene ring substituents is 1. The van der Waals surface area contributed by atoms with E-state index in [0.717, 1.165) is 10.0 Å². The predicted molar refractivity (Wildman–Crippen MR) is 94.8 cm³/mol. The molecule has 0 saturated carbocycles. The van der Waals surface area contributed by atoms with E-state index in [0.29, 0.717) is 5.69 Å². The van der Waals surface area contributed by atoms with Crippen molar-refractivity contribution in [3.8, 4) is 5.69 Å². The van der Waals surface area contributed by atoms with Crippen molar-refractivity contribution in [1.29, 1.82) is 0 Å². The Bertz CT molecular complexity index is 956. The van der Waals surface area contributed by atoms with E-state index in [-0.39, 0.29) is 16.9 Å². The zero-order chi connectivity index (χ0) is 18.0. The Morgan fingerprint density at radius 3 is 2.72 bits per heavy atom. The lowest BCUT2D eigenvalue weighted by Crippen LogP contribution is -2.13. The van der Waals surface area contributed by atoms with Gasteiger partial charge in [0.1, 0.15) is 18.3 Å². The van der Waals surface area contributed by atoms with Crippen molar-refractivity contribution in [2.75, 3.05) is 5.32 Å². The molecule has 1 aromatic heterocycles. The van der Waals surface area contributed by atoms with Gasteiger partial charge >= 0.3 is 0 Å². The molecule has 1 amide bonds. The molecule has 126 valence electrons. The number of nitrogens with zero attached hydrogens (tertiary/aromatic N) is 4. The van der Waals surface area contributed by atoms with E-state index in [4.69, 9.17) is 0 Å². The van der Waals surface area contributed by atoms with E-state index < -0.39 is 10.8 Å². The van der Waals surface area contributed by atoms with Gasteiger partial charge in [-0.05, 0) is 42.8 Å². The second kappa shape index (κ2) is 6.81. The van der Waals surface area contributed by atoms with Crippen molar-refractivity contribution >= 4 is 33.2 Å². The number of aromatic nitrogens is 3. The summed E-state index contributed by atoms with van der Waals surface area (Å²) in [5.41, 5.74) is 1.75. The molecule has 0 spiro atoms. The third kappa shape index (κ3) is 3.56. The first kappa shape index (κ1) is 16.8. The summed E-state index contributed by atoms with van der Waals surface area (Å²) < 4.78 is 2.20. The summed E-state index contributed by atoms with van der Waals surface area (Å²) in [6, 6.07) is 9.56. The summed E-state index contributed by atoms with van der Waals surface area (Å²) in [5.74, 6) is -0.435. The van der Waals surface area contributed by atoms with Gasteiger partial charge in [0.2, 0.25) is 0 Å². The van der Waals surface area contributed by atoms with Crippen molar-refractivity contribution in [2.24, 2.45) is 0 Å². The van der Waals surface area contributed by atoms with Crippen molar-refractivity contribution in [3.63, 3.8) is 0 Å². The molecule has 1 N–H and O–H groups in total. The molecule has 3 aromatic rings. The monoisotopic (exact) mass is 401 g/mol. The minimum absolute atomic E-state index is 0.177. The first-order chi connectivity index (χ1) is 12.0. The molecule has 1 heterocycles. The Morgan fingerprint density at radius 1 is 1.28 bits per heavy atom. The maximum Gasteiger partial charge on any atom is 0.295 e. The Balaban J connectivity index is 1.91. The molecule has 8 nitrogen and oxygen atoms in total. The molecule has 0 atom stereocenters. The Kier molecular flexibility index (Phi) is 4.57. The molecule has 0 unspecified atom stereocenters. The summed E-state index contributed by atoms with van der Waals surface area (Å²) in [7, 11) is 0. The van der Waals surface area contributed by atoms with E-state index in [1.165, 1.54) is 35.5 Å². The predicted octanol–water partition coefficient (Wildman–Crippen LogP) is 3.50. The Hall–Kier alpha value is -3.07. The maximum atomic E-state index is 12.4. The summed E-state index contributed by atoms with van der Waals surface area (Å²) >= 11 is 3.39. The molecule has 0 saturated heterocycles. The molecular formula is C16H12BrN5O3. The molecule has 0 aliphatic heterocycles. The number of rotatable bonds is 4. The first-order valence-corrected chi connectivity index (χ1v) is 7.96. The minimum atomic E-state index is -0.558. The van der Waals surface area contributed by atoms with Crippen LogP contribution in [0.2, 0.25) is 0 Å². The fraction of sp³-hybridized carbons (Fsp3) is 0.0625. The normalized spacial score (nSPS) is 10.5. The van der Waals surface area contributed by atoms with Gasteiger partial charge in [0, 0.05) is 21.8 Å². The number of carbonyl (C=O) groups is 1. The van der Waals surface area contributed by atoms with E-state index in [2.05, 4.69) is 31.3 Å². The molecule has 0 aliphatic rings. The number of hydrogen-bond acceptors (Lipinski definition) is 5. The quantitative estimate of drug-likeness (QED) is 0.532. The highest BCUT2D eigenvalue weighted by molar-refractivity contribution is 9.10. The maximum absolute atomic E-state index is 12.4. The molecule has 0 radical (unpaired) electrons. The largest absolute Gasteiger partial charge is 0.322 e. The van der Waals surface area contributed by atoms with Crippen molar-refractivity contribution in [2.45, 2.75) is 6.92 Å². The van der Waals surface area contributed by atoms with E-state index >= 15 is 0 Å². The molecule has 0 aliphatic carbocycles. The Morgan fingerprint density at radius 2 is 2.08 bits per heavy atom. The van der Waals surface area contributed by atoms with Crippen LogP contribution in [-0.4, -0.2) is 25.6 Å². The fourth-order valence-electron chi connectivity index (χ4n) is 2.26. The molecule has 0 bridgehead atoms. The van der Waals surface area contributed by atoms with Gasteiger partial charge in [-0.3, -0.25) is 14.9 Å². The molecule has 9 heteroatoms. The number of halogens is 1. The van der Waals surface area contributed by atoms with Gasteiger partial charge in [0.25, 0.3) is 11.6 Å². The number of benzene rings is 2. The number of aryl methyl sites for hydroxylation is 1. The van der Waals surface area contributed by atoms with Crippen LogP contribution in [0.4, 0.5) is 11.4 Å². The van der Waals surface area contributed by atoms with Crippen LogP contribution < -0.4 is 5.32 Å².